The normalized spacial score (nSPS) is 14.1. The van der Waals surface area contributed by atoms with Gasteiger partial charge in [-0.25, -0.2) is 9.97 Å². The molecule has 2 aromatic heterocycles. The van der Waals surface area contributed by atoms with Crippen LogP contribution in [0.5, 0.6) is 0 Å². The minimum Gasteiger partial charge on any atom is -0.383 e. The average Bonchev–Trinajstić information content (AvgIpc) is 3.05. The zero-order valence-electron chi connectivity index (χ0n) is 13.4. The van der Waals surface area contributed by atoms with Crippen LogP contribution in [-0.2, 0) is 11.2 Å². The van der Waals surface area contributed by atoms with Crippen molar-refractivity contribution in [1.29, 1.82) is 0 Å². The largest absolute Gasteiger partial charge is 0.383 e. The van der Waals surface area contributed by atoms with Gasteiger partial charge in [-0.05, 0) is 27.2 Å². The molecule has 0 radical (unpaired) electrons. The van der Waals surface area contributed by atoms with Gasteiger partial charge in [0.1, 0.15) is 5.01 Å². The lowest BCUT2D eigenvalue weighted by Gasteiger charge is -2.18. The molecule has 2 rings (SSSR count). The van der Waals surface area contributed by atoms with Crippen LogP contribution >= 0.6 is 11.3 Å². The van der Waals surface area contributed by atoms with E-state index in [-0.39, 0.29) is 12.1 Å². The smallest absolute Gasteiger partial charge is 0.203 e. The van der Waals surface area contributed by atoms with Gasteiger partial charge < -0.3 is 14.6 Å². The summed E-state index contributed by atoms with van der Waals surface area (Å²) in [6, 6.07) is 0.388. The number of rotatable bonds is 7. The Bertz CT molecular complexity index is 578. The predicted molar refractivity (Wildman–Crippen MR) is 87.2 cm³/mol. The van der Waals surface area contributed by atoms with Gasteiger partial charge in [0.05, 0.1) is 18.3 Å². The first-order chi connectivity index (χ1) is 10.0. The molecule has 0 aliphatic carbocycles. The van der Waals surface area contributed by atoms with Crippen molar-refractivity contribution in [2.45, 2.75) is 46.2 Å². The topological polar surface area (TPSA) is 52.0 Å². The third-order valence-corrected chi connectivity index (χ3v) is 4.65. The first-order valence-electron chi connectivity index (χ1n) is 7.30. The summed E-state index contributed by atoms with van der Waals surface area (Å²) in [6.07, 6.45) is 5.07. The summed E-state index contributed by atoms with van der Waals surface area (Å²) in [6.45, 7) is 9.06. The fourth-order valence-corrected chi connectivity index (χ4v) is 3.14. The molecule has 0 spiro atoms. The van der Waals surface area contributed by atoms with E-state index in [1.165, 1.54) is 4.88 Å². The second kappa shape index (κ2) is 7.04. The lowest BCUT2D eigenvalue weighted by molar-refractivity contribution is 0.190. The molecule has 0 saturated heterocycles. The molecule has 0 aliphatic rings. The number of hydrogen-bond donors (Lipinski definition) is 1. The Kier molecular flexibility index (Phi) is 5.36. The molecule has 0 aromatic carbocycles. The molecule has 0 aliphatic heterocycles. The van der Waals surface area contributed by atoms with E-state index in [2.05, 4.69) is 46.8 Å². The van der Waals surface area contributed by atoms with Gasteiger partial charge in [0.2, 0.25) is 5.95 Å². The lowest BCUT2D eigenvalue weighted by Crippen LogP contribution is -2.24. The Morgan fingerprint density at radius 2 is 2.19 bits per heavy atom. The summed E-state index contributed by atoms with van der Waals surface area (Å²) in [7, 11) is 1.71. The number of nitrogens with zero attached hydrogens (tertiary/aromatic N) is 3. The molecule has 6 heteroatoms. The van der Waals surface area contributed by atoms with Crippen LogP contribution in [0.2, 0.25) is 0 Å². The van der Waals surface area contributed by atoms with Gasteiger partial charge in [-0.3, -0.25) is 0 Å². The second-order valence-corrected chi connectivity index (χ2v) is 6.46. The van der Waals surface area contributed by atoms with Crippen molar-refractivity contribution < 1.29 is 4.74 Å². The quantitative estimate of drug-likeness (QED) is 0.853. The third-order valence-electron chi connectivity index (χ3n) is 3.34. The summed E-state index contributed by atoms with van der Waals surface area (Å²) in [5, 5.41) is 4.52. The van der Waals surface area contributed by atoms with E-state index in [4.69, 9.17) is 4.74 Å². The molecule has 1 N–H and O–H groups in total. The monoisotopic (exact) mass is 308 g/mol. The molecule has 0 saturated carbocycles. The van der Waals surface area contributed by atoms with Crippen LogP contribution in [0.4, 0.5) is 5.95 Å². The summed E-state index contributed by atoms with van der Waals surface area (Å²) >= 11 is 1.77. The van der Waals surface area contributed by atoms with Gasteiger partial charge in [-0.2, -0.15) is 0 Å². The first-order valence-corrected chi connectivity index (χ1v) is 8.12. The molecule has 2 atom stereocenters. The number of aromatic nitrogens is 3. The van der Waals surface area contributed by atoms with Crippen molar-refractivity contribution in [3.8, 4) is 0 Å². The van der Waals surface area contributed by atoms with Crippen LogP contribution in [0.15, 0.2) is 12.4 Å². The van der Waals surface area contributed by atoms with Crippen molar-refractivity contribution >= 4 is 17.3 Å². The summed E-state index contributed by atoms with van der Waals surface area (Å²) in [5.41, 5.74) is 1.00. The van der Waals surface area contributed by atoms with E-state index >= 15 is 0 Å². The van der Waals surface area contributed by atoms with Gasteiger partial charge in [0.25, 0.3) is 0 Å². The molecule has 5 nitrogen and oxygen atoms in total. The molecule has 2 unspecified atom stereocenters. The van der Waals surface area contributed by atoms with Crippen LogP contribution in [0.1, 0.15) is 42.4 Å². The van der Waals surface area contributed by atoms with E-state index in [0.29, 0.717) is 6.61 Å². The second-order valence-electron chi connectivity index (χ2n) is 5.31. The minimum absolute atomic E-state index is 0.175. The SMILES string of the molecule is CCc1cnc(C(C)n2cc(C)nc2NC(C)COC)s1. The van der Waals surface area contributed by atoms with Crippen LogP contribution in [0.3, 0.4) is 0 Å². The lowest BCUT2D eigenvalue weighted by atomic mass is 10.3. The molecule has 21 heavy (non-hydrogen) atoms. The van der Waals surface area contributed by atoms with Crippen molar-refractivity contribution in [3.05, 3.63) is 28.0 Å². The maximum atomic E-state index is 5.18. The van der Waals surface area contributed by atoms with E-state index < -0.39 is 0 Å². The number of imidazole rings is 1. The first kappa shape index (κ1) is 16.0. The number of methoxy groups -OCH3 is 1. The van der Waals surface area contributed by atoms with Crippen LogP contribution in [0, 0.1) is 6.92 Å². The van der Waals surface area contributed by atoms with Crippen molar-refractivity contribution in [2.75, 3.05) is 19.0 Å². The molecule has 0 bridgehead atoms. The molecule has 116 valence electrons. The summed E-state index contributed by atoms with van der Waals surface area (Å²) < 4.78 is 7.33. The van der Waals surface area contributed by atoms with Crippen molar-refractivity contribution in [2.24, 2.45) is 0 Å². The van der Waals surface area contributed by atoms with E-state index in [9.17, 15) is 0 Å². The Morgan fingerprint density at radius 3 is 2.81 bits per heavy atom. The molecule has 2 heterocycles. The highest BCUT2D eigenvalue weighted by molar-refractivity contribution is 7.11. The highest BCUT2D eigenvalue weighted by atomic mass is 32.1. The highest BCUT2D eigenvalue weighted by Crippen LogP contribution is 2.27. The Labute approximate surface area is 130 Å². The molecule has 0 fully saturated rings. The number of nitrogens with one attached hydrogen (secondary N) is 1. The van der Waals surface area contributed by atoms with Gasteiger partial charge in [-0.15, -0.1) is 11.3 Å². The zero-order chi connectivity index (χ0) is 15.4. The molecular weight excluding hydrogens is 284 g/mol. The number of thiazole rings is 1. The fourth-order valence-electron chi connectivity index (χ4n) is 2.23. The van der Waals surface area contributed by atoms with Gasteiger partial charge in [0, 0.05) is 30.4 Å². The number of hydrogen-bond acceptors (Lipinski definition) is 5. The van der Waals surface area contributed by atoms with Crippen LogP contribution in [0.25, 0.3) is 0 Å². The van der Waals surface area contributed by atoms with Gasteiger partial charge in [-0.1, -0.05) is 6.92 Å². The Morgan fingerprint density at radius 1 is 1.43 bits per heavy atom. The highest BCUT2D eigenvalue weighted by Gasteiger charge is 2.17. The van der Waals surface area contributed by atoms with E-state index in [0.717, 1.165) is 23.1 Å². The van der Waals surface area contributed by atoms with E-state index in [1.54, 1.807) is 18.4 Å². The summed E-state index contributed by atoms with van der Waals surface area (Å²) in [5.74, 6) is 0.873. The fraction of sp³-hybridized carbons (Fsp3) is 0.600. The maximum Gasteiger partial charge on any atom is 0.203 e. The van der Waals surface area contributed by atoms with Crippen LogP contribution < -0.4 is 5.32 Å². The summed E-state index contributed by atoms with van der Waals surface area (Å²) in [4.78, 5) is 10.4. The third kappa shape index (κ3) is 3.83. The van der Waals surface area contributed by atoms with Gasteiger partial charge in [0.15, 0.2) is 0 Å². The zero-order valence-corrected chi connectivity index (χ0v) is 14.2. The maximum absolute atomic E-state index is 5.18. The number of ether oxygens (including phenoxy) is 1. The number of anilines is 1. The van der Waals surface area contributed by atoms with E-state index in [1.807, 2.05) is 13.1 Å². The van der Waals surface area contributed by atoms with Crippen LogP contribution in [-0.4, -0.2) is 34.3 Å². The number of aryl methyl sites for hydroxylation is 2. The predicted octanol–water partition coefficient (Wildman–Crippen LogP) is 3.27. The standard InChI is InChI=1S/C15H24N4OS/c1-6-13-7-16-14(21-13)12(4)19-8-10(2)17-15(19)18-11(3)9-20-5/h7-8,11-12H,6,9H2,1-5H3,(H,17,18). The van der Waals surface area contributed by atoms with Gasteiger partial charge >= 0.3 is 0 Å². The molecule has 0 amide bonds. The van der Waals surface area contributed by atoms with Crippen molar-refractivity contribution in [1.82, 2.24) is 14.5 Å². The Hall–Kier alpha value is -1.40. The Balaban J connectivity index is 2.22. The molecular formula is C15H24N4OS. The molecule has 2 aromatic rings. The van der Waals surface area contributed by atoms with Crippen molar-refractivity contribution in [3.63, 3.8) is 0 Å². The average molecular weight is 308 g/mol. The minimum atomic E-state index is 0.175.